The SMILES string of the molecule is C#CC=CC[C@@H]1O[C@H]([C@@H]2C[C@H](O)[C@H](CC)O2)C[C@@H]1O. The molecule has 0 saturated carbocycles. The minimum atomic E-state index is -0.492. The first-order chi connectivity index (χ1) is 9.15. The van der Waals surface area contributed by atoms with Gasteiger partial charge in [0.25, 0.3) is 0 Å². The Morgan fingerprint density at radius 1 is 1.16 bits per heavy atom. The summed E-state index contributed by atoms with van der Waals surface area (Å²) in [5, 5.41) is 19.8. The van der Waals surface area contributed by atoms with Crippen LogP contribution < -0.4 is 0 Å². The van der Waals surface area contributed by atoms with E-state index < -0.39 is 12.2 Å². The monoisotopic (exact) mass is 266 g/mol. The molecule has 0 aliphatic carbocycles. The van der Waals surface area contributed by atoms with Crippen molar-refractivity contribution in [3.63, 3.8) is 0 Å². The van der Waals surface area contributed by atoms with Crippen molar-refractivity contribution in [2.75, 3.05) is 0 Å². The minimum Gasteiger partial charge on any atom is -0.390 e. The number of hydrogen-bond donors (Lipinski definition) is 2. The Morgan fingerprint density at radius 3 is 2.26 bits per heavy atom. The summed E-state index contributed by atoms with van der Waals surface area (Å²) >= 11 is 0. The Bertz CT molecular complexity index is 360. The first-order valence-electron chi connectivity index (χ1n) is 6.93. The fourth-order valence-corrected chi connectivity index (χ4v) is 2.85. The zero-order valence-corrected chi connectivity index (χ0v) is 11.2. The smallest absolute Gasteiger partial charge is 0.0874 e. The molecule has 0 aromatic rings. The van der Waals surface area contributed by atoms with E-state index in [1.54, 1.807) is 6.08 Å². The largest absolute Gasteiger partial charge is 0.390 e. The van der Waals surface area contributed by atoms with E-state index in [-0.39, 0.29) is 24.4 Å². The number of hydrogen-bond acceptors (Lipinski definition) is 4. The van der Waals surface area contributed by atoms with Crippen LogP contribution in [0.5, 0.6) is 0 Å². The molecule has 0 spiro atoms. The third-order valence-corrected chi connectivity index (χ3v) is 3.90. The third kappa shape index (κ3) is 3.37. The molecule has 2 heterocycles. The molecule has 4 nitrogen and oxygen atoms in total. The van der Waals surface area contributed by atoms with Crippen LogP contribution in [0.1, 0.15) is 32.6 Å². The van der Waals surface area contributed by atoms with E-state index >= 15 is 0 Å². The second-order valence-electron chi connectivity index (χ2n) is 5.25. The summed E-state index contributed by atoms with van der Waals surface area (Å²) in [6.45, 7) is 1.99. The van der Waals surface area contributed by atoms with Gasteiger partial charge in [0.1, 0.15) is 0 Å². The summed E-state index contributed by atoms with van der Waals surface area (Å²) in [5.41, 5.74) is 0. The van der Waals surface area contributed by atoms with Crippen LogP contribution in [0.25, 0.3) is 0 Å². The lowest BCUT2D eigenvalue weighted by molar-refractivity contribution is -0.0732. The van der Waals surface area contributed by atoms with Gasteiger partial charge in [0.15, 0.2) is 0 Å². The molecular weight excluding hydrogens is 244 g/mol. The van der Waals surface area contributed by atoms with E-state index in [0.29, 0.717) is 19.3 Å². The molecule has 2 N–H and O–H groups in total. The lowest BCUT2D eigenvalue weighted by Crippen LogP contribution is -2.26. The van der Waals surface area contributed by atoms with Crippen molar-refractivity contribution in [3.05, 3.63) is 12.2 Å². The first-order valence-corrected chi connectivity index (χ1v) is 6.93. The molecule has 2 rings (SSSR count). The maximum Gasteiger partial charge on any atom is 0.0874 e. The van der Waals surface area contributed by atoms with E-state index in [1.165, 1.54) is 0 Å². The number of rotatable bonds is 4. The first kappa shape index (κ1) is 14.5. The average molecular weight is 266 g/mol. The highest BCUT2D eigenvalue weighted by Gasteiger charge is 2.43. The maximum atomic E-state index is 9.98. The predicted molar refractivity (Wildman–Crippen MR) is 71.5 cm³/mol. The van der Waals surface area contributed by atoms with Crippen LogP contribution in [0.3, 0.4) is 0 Å². The molecule has 2 aliphatic rings. The Morgan fingerprint density at radius 2 is 1.74 bits per heavy atom. The molecule has 2 fully saturated rings. The molecule has 0 bridgehead atoms. The van der Waals surface area contributed by atoms with Gasteiger partial charge in [0.2, 0.25) is 0 Å². The zero-order valence-electron chi connectivity index (χ0n) is 11.2. The van der Waals surface area contributed by atoms with E-state index in [1.807, 2.05) is 13.0 Å². The van der Waals surface area contributed by atoms with Crippen molar-refractivity contribution in [3.8, 4) is 12.3 Å². The lowest BCUT2D eigenvalue weighted by Gasteiger charge is -2.19. The highest BCUT2D eigenvalue weighted by molar-refractivity contribution is 5.09. The molecule has 2 aliphatic heterocycles. The Balaban J connectivity index is 1.87. The van der Waals surface area contributed by atoms with Gasteiger partial charge in [-0.25, -0.2) is 0 Å². The lowest BCUT2D eigenvalue weighted by atomic mass is 10.0. The van der Waals surface area contributed by atoms with Gasteiger partial charge in [0.05, 0.1) is 36.6 Å². The van der Waals surface area contributed by atoms with Crippen molar-refractivity contribution in [2.45, 2.75) is 69.2 Å². The van der Waals surface area contributed by atoms with Crippen molar-refractivity contribution >= 4 is 0 Å². The van der Waals surface area contributed by atoms with Gasteiger partial charge in [-0.3, -0.25) is 0 Å². The van der Waals surface area contributed by atoms with Crippen LogP contribution >= 0.6 is 0 Å². The van der Waals surface area contributed by atoms with Gasteiger partial charge in [0, 0.05) is 12.8 Å². The maximum absolute atomic E-state index is 9.98. The Kier molecular flexibility index (Phi) is 5.00. The van der Waals surface area contributed by atoms with E-state index in [0.717, 1.165) is 6.42 Å². The summed E-state index contributed by atoms with van der Waals surface area (Å²) in [7, 11) is 0. The van der Waals surface area contributed by atoms with Gasteiger partial charge < -0.3 is 19.7 Å². The van der Waals surface area contributed by atoms with Gasteiger partial charge in [-0.1, -0.05) is 18.9 Å². The van der Waals surface area contributed by atoms with Crippen molar-refractivity contribution in [1.82, 2.24) is 0 Å². The molecule has 2 saturated heterocycles. The number of allylic oxidation sites excluding steroid dienone is 1. The topological polar surface area (TPSA) is 58.9 Å². The molecule has 0 aromatic carbocycles. The highest BCUT2D eigenvalue weighted by atomic mass is 16.6. The van der Waals surface area contributed by atoms with E-state index in [9.17, 15) is 10.2 Å². The Hall–Kier alpha value is -0.860. The van der Waals surface area contributed by atoms with Crippen LogP contribution in [0.15, 0.2) is 12.2 Å². The molecule has 0 unspecified atom stereocenters. The van der Waals surface area contributed by atoms with Crippen LogP contribution in [0.2, 0.25) is 0 Å². The Labute approximate surface area is 114 Å². The molecule has 19 heavy (non-hydrogen) atoms. The third-order valence-electron chi connectivity index (χ3n) is 3.90. The van der Waals surface area contributed by atoms with Gasteiger partial charge >= 0.3 is 0 Å². The summed E-state index contributed by atoms with van der Waals surface area (Å²) in [6, 6.07) is 0. The number of terminal acetylenes is 1. The highest BCUT2D eigenvalue weighted by Crippen LogP contribution is 2.33. The van der Waals surface area contributed by atoms with Crippen LogP contribution in [0, 0.1) is 12.3 Å². The normalized spacial score (nSPS) is 42.8. The molecule has 0 amide bonds. The van der Waals surface area contributed by atoms with E-state index in [4.69, 9.17) is 15.9 Å². The second-order valence-corrected chi connectivity index (χ2v) is 5.25. The summed E-state index contributed by atoms with van der Waals surface area (Å²) in [6.07, 6.45) is 9.63. The molecule has 4 heteroatoms. The predicted octanol–water partition coefficient (Wildman–Crippen LogP) is 1.01. The fourth-order valence-electron chi connectivity index (χ4n) is 2.85. The number of ether oxygens (including phenoxy) is 2. The molecular formula is C15H22O4. The van der Waals surface area contributed by atoms with Crippen LogP contribution in [-0.2, 0) is 9.47 Å². The van der Waals surface area contributed by atoms with Crippen LogP contribution in [-0.4, -0.2) is 46.8 Å². The van der Waals surface area contributed by atoms with Crippen molar-refractivity contribution in [2.24, 2.45) is 0 Å². The summed E-state index contributed by atoms with van der Waals surface area (Å²) in [5.74, 6) is 2.42. The van der Waals surface area contributed by atoms with Crippen molar-refractivity contribution in [1.29, 1.82) is 0 Å². The second kappa shape index (κ2) is 6.53. The van der Waals surface area contributed by atoms with Gasteiger partial charge in [-0.15, -0.1) is 6.42 Å². The minimum absolute atomic E-state index is 0.105. The number of aliphatic hydroxyl groups excluding tert-OH is 2. The van der Waals surface area contributed by atoms with Crippen molar-refractivity contribution < 1.29 is 19.7 Å². The van der Waals surface area contributed by atoms with Gasteiger partial charge in [-0.2, -0.15) is 0 Å². The summed E-state index contributed by atoms with van der Waals surface area (Å²) < 4.78 is 11.6. The zero-order chi connectivity index (χ0) is 13.8. The van der Waals surface area contributed by atoms with Crippen LogP contribution in [0.4, 0.5) is 0 Å². The summed E-state index contributed by atoms with van der Waals surface area (Å²) in [4.78, 5) is 0. The van der Waals surface area contributed by atoms with E-state index in [2.05, 4.69) is 5.92 Å². The average Bonchev–Trinajstić information content (AvgIpc) is 2.93. The number of aliphatic hydroxyl groups is 2. The molecule has 6 atom stereocenters. The molecule has 106 valence electrons. The molecule has 0 aromatic heterocycles. The standard InChI is InChI=1S/C15H22O4/c1-3-5-6-7-13-11(17)9-15(19-13)14-8-10(16)12(4-2)18-14/h1,5-6,10-17H,4,7-9H2,2H3/t10-,11-,12-,13-,14-,15-/m0/s1. The quantitative estimate of drug-likeness (QED) is 0.746. The fraction of sp³-hybridized carbons (Fsp3) is 0.733. The van der Waals surface area contributed by atoms with Gasteiger partial charge in [-0.05, 0) is 18.9 Å². The molecule has 0 radical (unpaired) electrons.